The van der Waals surface area contributed by atoms with E-state index in [9.17, 15) is 5.11 Å². The number of pyridine rings is 4. The molecule has 6 aromatic carbocycles. The second kappa shape index (κ2) is 35.8. The number of phenolic OH excluding ortho intramolecular Hbond substituents is 1. The van der Waals surface area contributed by atoms with Gasteiger partial charge in [-0.2, -0.15) is 20.4 Å². The molecule has 24 heteroatoms. The maximum Gasteiger partial charge on any atom is 0.496 e. The molecule has 19 nitrogen and oxygen atoms in total. The molecule has 0 amide bonds. The molecule has 0 bridgehead atoms. The van der Waals surface area contributed by atoms with Gasteiger partial charge in [-0.05, 0) is 185 Å². The molecule has 0 unspecified atom stereocenters. The molecule has 1 fully saturated rings. The largest absolute Gasteiger partial charge is 0.508 e. The highest BCUT2D eigenvalue weighted by molar-refractivity contribution is 14.1. The summed E-state index contributed by atoms with van der Waals surface area (Å²) in [5.41, 5.74) is 9.62. The number of hydrogen-bond acceptors (Lipinski definition) is 14. The van der Waals surface area contributed by atoms with Gasteiger partial charge in [0.1, 0.15) is 28.8 Å². The number of aromatic nitrogens is 13. The van der Waals surface area contributed by atoms with Gasteiger partial charge in [0.15, 0.2) is 0 Å². The first-order valence-electron chi connectivity index (χ1n) is 31.5. The SMILES string of the molecule is Brc1ccc2c3ccccc3n(-c3ccccn3)c2c1.Brc1cn[nH]c1.CC1(C)OB(c2cccnc2)OC1(C)C.COc1cccc(-n2cc(-c3cccnc3)cn2)c1.COc1cccc(-n2cc(Br)cn2)c1.COc1cccc(I)c1.Oc1cccc(-n2cc(-c3cccnc3)cn2)c1. The summed E-state index contributed by atoms with van der Waals surface area (Å²) in [6.45, 7) is 8.18. The number of benzene rings is 6. The molecule has 101 heavy (non-hydrogen) atoms. The number of halogens is 4. The average Bonchev–Trinajstić information content (AvgIpc) is 1.62. The highest BCUT2D eigenvalue weighted by Gasteiger charge is 2.51. The maximum absolute atomic E-state index is 9.45. The standard InChI is InChI=1S/C17H11BrN2.C15H13N3O.C14H11N3O.C11H16BNO2.C10H9BrN2O.C7H7IO.C3H3BrN2/c18-12-8-9-14-13-5-1-2-6-15(13)20(16(14)11-12)17-7-3-4-10-19-17;1-19-15-6-2-5-14(8-15)18-11-13(10-17-18)12-4-3-7-16-9-12;18-14-5-1-4-13(7-14)17-10-12(9-16-17)11-3-2-6-15-8-11;1-10(2)11(3,4)15-12(14-10)9-6-5-7-13-8-9;1-14-10-4-2-3-9(5-10)13-7-8(11)6-12-13;1-9-7-4-2-3-6(8)5-7;4-3-1-5-6-2-3/h1-11H;2-11H,1H3;1-10,18H;5-8H,1-4H3;2-7H,1H3;2-5H,1H3;1-2H,(H,5,6). The van der Waals surface area contributed by atoms with E-state index in [1.165, 1.54) is 25.4 Å². The summed E-state index contributed by atoms with van der Waals surface area (Å²) in [5, 5.41) is 31.1. The Bertz CT molecular complexity index is 5020. The number of hydrogen-bond donors (Lipinski definition) is 2. The van der Waals surface area contributed by atoms with Crippen LogP contribution in [0.3, 0.4) is 0 Å². The topological polar surface area (TPSA) is 205 Å². The number of nitrogens with zero attached hydrogens (tertiary/aromatic N) is 12. The minimum absolute atomic E-state index is 0.228. The summed E-state index contributed by atoms with van der Waals surface area (Å²) in [5.74, 6) is 3.73. The minimum Gasteiger partial charge on any atom is -0.508 e. The third kappa shape index (κ3) is 20.3. The summed E-state index contributed by atoms with van der Waals surface area (Å²) in [4.78, 5) is 16.8. The molecule has 1 aliphatic heterocycles. The van der Waals surface area contributed by atoms with Gasteiger partial charge in [-0.1, -0.05) is 88.7 Å². The van der Waals surface area contributed by atoms with Crippen molar-refractivity contribution in [2.45, 2.75) is 38.9 Å². The summed E-state index contributed by atoms with van der Waals surface area (Å²) in [6, 6.07) is 62.9. The first-order chi connectivity index (χ1) is 49.0. The third-order valence-electron chi connectivity index (χ3n) is 15.7. The van der Waals surface area contributed by atoms with Crippen molar-refractivity contribution in [3.63, 3.8) is 0 Å². The predicted molar refractivity (Wildman–Crippen MR) is 418 cm³/mol. The van der Waals surface area contributed by atoms with Gasteiger partial charge >= 0.3 is 7.12 Å². The predicted octanol–water partition coefficient (Wildman–Crippen LogP) is 18.0. The molecule has 0 aliphatic carbocycles. The van der Waals surface area contributed by atoms with Gasteiger partial charge in [-0.3, -0.25) is 24.6 Å². The van der Waals surface area contributed by atoms with Crippen molar-refractivity contribution in [2.24, 2.45) is 0 Å². The quantitative estimate of drug-likeness (QED) is 0.0966. The van der Waals surface area contributed by atoms with E-state index in [1.54, 1.807) is 105 Å². The van der Waals surface area contributed by atoms with Crippen LogP contribution in [0.25, 0.3) is 66.9 Å². The monoisotopic (exact) mass is 1650 g/mol. The zero-order chi connectivity index (χ0) is 71.1. The van der Waals surface area contributed by atoms with E-state index in [4.69, 9.17) is 23.5 Å². The Kier molecular flexibility index (Phi) is 26.1. The highest BCUT2D eigenvalue weighted by atomic mass is 127. The van der Waals surface area contributed by atoms with E-state index < -0.39 is 0 Å². The van der Waals surface area contributed by atoms with Crippen LogP contribution in [0.15, 0.2) is 300 Å². The van der Waals surface area contributed by atoms with E-state index in [0.29, 0.717) is 0 Å². The molecule has 1 saturated heterocycles. The van der Waals surface area contributed by atoms with Crippen LogP contribution < -0.4 is 19.7 Å². The van der Waals surface area contributed by atoms with E-state index >= 15 is 0 Å². The Morgan fingerprint density at radius 3 is 1.48 bits per heavy atom. The zero-order valence-electron chi connectivity index (χ0n) is 56.1. The van der Waals surface area contributed by atoms with Gasteiger partial charge in [0.05, 0.1) is 94.4 Å². The van der Waals surface area contributed by atoms with E-state index in [0.717, 1.165) is 81.3 Å². The van der Waals surface area contributed by atoms with Crippen molar-refractivity contribution in [3.8, 4) is 68.1 Å². The number of ether oxygens (including phenoxy) is 3. The van der Waals surface area contributed by atoms with Gasteiger partial charge in [-0.25, -0.2) is 19.0 Å². The first-order valence-corrected chi connectivity index (χ1v) is 34.9. The van der Waals surface area contributed by atoms with E-state index in [1.807, 2.05) is 203 Å². The van der Waals surface area contributed by atoms with Crippen molar-refractivity contribution < 1.29 is 28.6 Å². The van der Waals surface area contributed by atoms with Crippen LogP contribution in [0.1, 0.15) is 27.7 Å². The second-order valence-corrected chi connectivity index (χ2v) is 27.0. The van der Waals surface area contributed by atoms with E-state index in [-0.39, 0.29) is 24.1 Å². The number of nitrogens with one attached hydrogen (secondary N) is 1. The molecular formula is C77H70BBr3IN13O6. The number of para-hydroxylation sites is 1. The summed E-state index contributed by atoms with van der Waals surface area (Å²) in [7, 11) is 4.68. The summed E-state index contributed by atoms with van der Waals surface area (Å²) < 4.78 is 38.9. The van der Waals surface area contributed by atoms with Gasteiger partial charge in [0.2, 0.25) is 0 Å². The lowest BCUT2D eigenvalue weighted by Gasteiger charge is -2.32. The minimum atomic E-state index is -0.302. The van der Waals surface area contributed by atoms with Crippen LogP contribution in [0, 0.1) is 3.57 Å². The number of aromatic amines is 1. The third-order valence-corrected chi connectivity index (χ3v) is 17.7. The number of aromatic hydroxyl groups is 1. The summed E-state index contributed by atoms with van der Waals surface area (Å²) >= 11 is 12.3. The molecule has 2 N–H and O–H groups in total. The first kappa shape index (κ1) is 73.6. The second-order valence-electron chi connectivity index (χ2n) is 23.0. The molecular weight excluding hydrogens is 1580 g/mol. The maximum atomic E-state index is 9.45. The van der Waals surface area contributed by atoms with Gasteiger partial charge < -0.3 is 28.6 Å². The lowest BCUT2D eigenvalue weighted by molar-refractivity contribution is 0.00578. The smallest absolute Gasteiger partial charge is 0.496 e. The lowest BCUT2D eigenvalue weighted by atomic mass is 9.80. The fourth-order valence-electron chi connectivity index (χ4n) is 9.88. The number of methoxy groups -OCH3 is 3. The molecule has 510 valence electrons. The molecule has 1 aliphatic rings. The number of fused-ring (bicyclic) bond motifs is 3. The fraction of sp³-hybridized carbons (Fsp3) is 0.117. The van der Waals surface area contributed by atoms with Gasteiger partial charge in [0, 0.05) is 133 Å². The Labute approximate surface area is 624 Å². The number of phenols is 1. The number of rotatable bonds is 10. The van der Waals surface area contributed by atoms with Crippen molar-refractivity contribution in [3.05, 3.63) is 304 Å². The van der Waals surface area contributed by atoms with Crippen molar-refractivity contribution >= 4 is 105 Å². The van der Waals surface area contributed by atoms with Gasteiger partial charge in [-0.15, -0.1) is 0 Å². The molecule has 10 heterocycles. The summed E-state index contributed by atoms with van der Waals surface area (Å²) in [6.07, 6.45) is 27.1. The van der Waals surface area contributed by atoms with Crippen LogP contribution in [-0.4, -0.2) is 109 Å². The Morgan fingerprint density at radius 1 is 0.455 bits per heavy atom. The van der Waals surface area contributed by atoms with Crippen molar-refractivity contribution in [1.82, 2.24) is 64.0 Å². The molecule has 9 aromatic heterocycles. The molecule has 0 radical (unpaired) electrons. The van der Waals surface area contributed by atoms with Crippen molar-refractivity contribution in [1.29, 1.82) is 0 Å². The lowest BCUT2D eigenvalue weighted by Crippen LogP contribution is -2.41. The molecule has 16 rings (SSSR count). The highest BCUT2D eigenvalue weighted by Crippen LogP contribution is 2.37. The van der Waals surface area contributed by atoms with Crippen LogP contribution in [0.4, 0.5) is 0 Å². The molecule has 0 spiro atoms. The Morgan fingerprint density at radius 2 is 0.990 bits per heavy atom. The number of H-pyrrole nitrogens is 1. The molecule has 0 saturated carbocycles. The van der Waals surface area contributed by atoms with Gasteiger partial charge in [0.25, 0.3) is 0 Å². The zero-order valence-corrected chi connectivity index (χ0v) is 63.0. The van der Waals surface area contributed by atoms with Crippen LogP contribution >= 0.6 is 70.4 Å². The van der Waals surface area contributed by atoms with Crippen molar-refractivity contribution in [2.75, 3.05) is 21.3 Å². The van der Waals surface area contributed by atoms with Crippen LogP contribution in [0.5, 0.6) is 23.0 Å². The Hall–Kier alpha value is -10.1. The van der Waals surface area contributed by atoms with Crippen LogP contribution in [-0.2, 0) is 9.31 Å². The average molecular weight is 1650 g/mol. The Balaban J connectivity index is 0.000000130. The normalized spacial score (nSPS) is 12.2. The molecule has 15 aromatic rings. The van der Waals surface area contributed by atoms with Crippen LogP contribution in [0.2, 0.25) is 0 Å². The van der Waals surface area contributed by atoms with E-state index in [2.05, 4.69) is 163 Å². The fourth-order valence-corrected chi connectivity index (χ4v) is 11.2. The molecule has 0 atom stereocenters.